The van der Waals surface area contributed by atoms with Crippen molar-refractivity contribution in [1.29, 1.82) is 0 Å². The van der Waals surface area contributed by atoms with E-state index in [1.165, 1.54) is 6.07 Å². The first-order valence-electron chi connectivity index (χ1n) is 11.8. The Morgan fingerprint density at radius 1 is 1.09 bits per heavy atom. The Morgan fingerprint density at radius 2 is 1.85 bits per heavy atom. The molecule has 2 aromatic carbocycles. The summed E-state index contributed by atoms with van der Waals surface area (Å²) in [6, 6.07) is 16.1. The van der Waals surface area contributed by atoms with Crippen molar-refractivity contribution in [3.05, 3.63) is 76.3 Å². The highest BCUT2D eigenvalue weighted by molar-refractivity contribution is 7.99. The Kier molecular flexibility index (Phi) is 7.73. The molecule has 5 nitrogen and oxygen atoms in total. The molecule has 0 spiro atoms. The summed E-state index contributed by atoms with van der Waals surface area (Å²) in [5.74, 6) is -0.120. The third-order valence-electron chi connectivity index (χ3n) is 6.92. The number of benzene rings is 2. The maximum atomic E-state index is 13.3. The van der Waals surface area contributed by atoms with Gasteiger partial charge in [0.25, 0.3) is 5.56 Å². The van der Waals surface area contributed by atoms with E-state index in [0.717, 1.165) is 46.7 Å². The lowest BCUT2D eigenvalue weighted by Crippen LogP contribution is -2.45. The molecule has 1 fully saturated rings. The number of piperidine rings is 1. The highest BCUT2D eigenvalue weighted by Crippen LogP contribution is 2.37. The maximum Gasteiger partial charge on any atom is 0.309 e. The average Bonchev–Trinajstić information content (AvgIpc) is 2.81. The van der Waals surface area contributed by atoms with Crippen LogP contribution in [0.3, 0.4) is 0 Å². The number of nitrogens with zero attached hydrogens (tertiary/aromatic N) is 2. The van der Waals surface area contributed by atoms with Crippen LogP contribution in [-0.4, -0.2) is 45.9 Å². The summed E-state index contributed by atoms with van der Waals surface area (Å²) < 4.78 is 15.1. The third-order valence-corrected chi connectivity index (χ3v) is 7.90. The van der Waals surface area contributed by atoms with Crippen molar-refractivity contribution in [3.63, 3.8) is 0 Å². The van der Waals surface area contributed by atoms with Crippen molar-refractivity contribution in [2.45, 2.75) is 44.0 Å². The van der Waals surface area contributed by atoms with Gasteiger partial charge in [0.05, 0.1) is 10.9 Å². The molecule has 1 aliphatic heterocycles. The molecule has 1 aromatic heterocycles. The van der Waals surface area contributed by atoms with Gasteiger partial charge in [0.15, 0.2) is 0 Å². The number of carbonyl (C=O) groups is 1. The standard InChI is InChI=1S/C27H31FN2O3S/c1-20-6-7-21-8-9-25(31)30(24(21)18-20)13-3-10-27(26(32)33)11-14-29(15-12-27)16-17-34-23-5-2-4-22(28)19-23/h2,4-9,18-19H,3,10-17H2,1H3,(H,32,33). The van der Waals surface area contributed by atoms with Gasteiger partial charge in [-0.05, 0) is 87.0 Å². The fourth-order valence-electron chi connectivity index (χ4n) is 4.83. The van der Waals surface area contributed by atoms with Gasteiger partial charge in [0.2, 0.25) is 0 Å². The first-order valence-corrected chi connectivity index (χ1v) is 12.8. The molecule has 0 aliphatic carbocycles. The van der Waals surface area contributed by atoms with E-state index in [1.54, 1.807) is 34.5 Å². The second kappa shape index (κ2) is 10.7. The van der Waals surface area contributed by atoms with Gasteiger partial charge >= 0.3 is 5.97 Å². The Balaban J connectivity index is 1.32. The second-order valence-electron chi connectivity index (χ2n) is 9.22. The fourth-order valence-corrected chi connectivity index (χ4v) is 5.79. The summed E-state index contributed by atoms with van der Waals surface area (Å²) in [7, 11) is 0. The number of likely N-dealkylation sites (tertiary alicyclic amines) is 1. The zero-order valence-corrected chi connectivity index (χ0v) is 20.3. The lowest BCUT2D eigenvalue weighted by molar-refractivity contribution is -0.152. The van der Waals surface area contributed by atoms with Crippen molar-refractivity contribution in [1.82, 2.24) is 9.47 Å². The summed E-state index contributed by atoms with van der Waals surface area (Å²) >= 11 is 1.62. The predicted octanol–water partition coefficient (Wildman–Crippen LogP) is 5.19. The molecule has 3 aromatic rings. The Morgan fingerprint density at radius 3 is 2.59 bits per heavy atom. The normalized spacial score (nSPS) is 16.1. The largest absolute Gasteiger partial charge is 0.481 e. The third kappa shape index (κ3) is 5.70. The minimum atomic E-state index is -0.740. The van der Waals surface area contributed by atoms with Crippen LogP contribution in [0.15, 0.2) is 64.3 Å². The molecule has 0 atom stereocenters. The molecule has 7 heteroatoms. The average molecular weight is 483 g/mol. The molecular formula is C27H31FN2O3S. The molecule has 34 heavy (non-hydrogen) atoms. The number of pyridine rings is 1. The van der Waals surface area contributed by atoms with Gasteiger partial charge in [0.1, 0.15) is 5.82 Å². The van der Waals surface area contributed by atoms with Crippen molar-refractivity contribution in [2.24, 2.45) is 5.41 Å². The molecule has 1 aliphatic rings. The predicted molar refractivity (Wildman–Crippen MR) is 135 cm³/mol. The monoisotopic (exact) mass is 482 g/mol. The highest BCUT2D eigenvalue weighted by Gasteiger charge is 2.40. The van der Waals surface area contributed by atoms with Gasteiger partial charge < -0.3 is 14.6 Å². The molecule has 2 heterocycles. The van der Waals surface area contributed by atoms with E-state index >= 15 is 0 Å². The number of aryl methyl sites for hydroxylation is 2. The molecule has 0 unspecified atom stereocenters. The van der Waals surface area contributed by atoms with E-state index in [0.29, 0.717) is 32.2 Å². The zero-order valence-electron chi connectivity index (χ0n) is 19.5. The van der Waals surface area contributed by atoms with Crippen LogP contribution in [0.5, 0.6) is 0 Å². The molecule has 0 bridgehead atoms. The van der Waals surface area contributed by atoms with E-state index in [2.05, 4.69) is 4.90 Å². The van der Waals surface area contributed by atoms with Gasteiger partial charge in [-0.25, -0.2) is 4.39 Å². The van der Waals surface area contributed by atoms with Gasteiger partial charge in [-0.15, -0.1) is 11.8 Å². The molecule has 0 saturated carbocycles. The van der Waals surface area contributed by atoms with E-state index in [9.17, 15) is 19.1 Å². The minimum absolute atomic E-state index is 0.0481. The lowest BCUT2D eigenvalue weighted by Gasteiger charge is -2.39. The van der Waals surface area contributed by atoms with Crippen LogP contribution < -0.4 is 5.56 Å². The van der Waals surface area contributed by atoms with Crippen LogP contribution >= 0.6 is 11.8 Å². The van der Waals surface area contributed by atoms with Crippen molar-refractivity contribution in [3.8, 4) is 0 Å². The Bertz CT molecular complexity index is 1220. The van der Waals surface area contributed by atoms with E-state index in [1.807, 2.05) is 37.3 Å². The van der Waals surface area contributed by atoms with Crippen molar-refractivity contribution >= 4 is 28.6 Å². The Hall–Kier alpha value is -2.64. The number of thioether (sulfide) groups is 1. The SMILES string of the molecule is Cc1ccc2ccc(=O)n(CCCC3(C(=O)O)CCN(CCSc4cccc(F)c4)CC3)c2c1. The van der Waals surface area contributed by atoms with Crippen LogP contribution in [-0.2, 0) is 11.3 Å². The molecule has 180 valence electrons. The number of hydrogen-bond donors (Lipinski definition) is 1. The smallest absolute Gasteiger partial charge is 0.309 e. The van der Waals surface area contributed by atoms with Crippen LogP contribution in [0, 0.1) is 18.2 Å². The number of halogens is 1. The lowest BCUT2D eigenvalue weighted by atomic mass is 9.75. The summed E-state index contributed by atoms with van der Waals surface area (Å²) in [5.41, 5.74) is 1.21. The first kappa shape index (κ1) is 24.5. The summed E-state index contributed by atoms with van der Waals surface area (Å²) in [5, 5.41) is 11.1. The summed E-state index contributed by atoms with van der Waals surface area (Å²) in [4.78, 5) is 28.0. The number of rotatable bonds is 9. The van der Waals surface area contributed by atoms with Crippen molar-refractivity contribution in [2.75, 3.05) is 25.4 Å². The van der Waals surface area contributed by atoms with Gasteiger partial charge in [-0.3, -0.25) is 9.59 Å². The molecule has 0 amide bonds. The second-order valence-corrected chi connectivity index (χ2v) is 10.4. The number of hydrogen-bond acceptors (Lipinski definition) is 4. The molecule has 1 saturated heterocycles. The minimum Gasteiger partial charge on any atom is -0.481 e. The number of carboxylic acids is 1. The summed E-state index contributed by atoms with van der Waals surface area (Å²) in [6.07, 6.45) is 2.42. The van der Waals surface area contributed by atoms with Crippen LogP contribution in [0.25, 0.3) is 10.9 Å². The maximum absolute atomic E-state index is 13.3. The van der Waals surface area contributed by atoms with E-state index in [4.69, 9.17) is 0 Å². The molecule has 0 radical (unpaired) electrons. The topological polar surface area (TPSA) is 62.5 Å². The fraction of sp³-hybridized carbons (Fsp3) is 0.407. The number of fused-ring (bicyclic) bond motifs is 1. The number of aliphatic carboxylic acids is 1. The molecule has 1 N–H and O–H groups in total. The van der Waals surface area contributed by atoms with Crippen LogP contribution in [0.2, 0.25) is 0 Å². The van der Waals surface area contributed by atoms with Crippen molar-refractivity contribution < 1.29 is 14.3 Å². The number of aromatic nitrogens is 1. The van der Waals surface area contributed by atoms with E-state index < -0.39 is 11.4 Å². The zero-order chi connectivity index (χ0) is 24.1. The first-order chi connectivity index (χ1) is 16.4. The van der Waals surface area contributed by atoms with Gasteiger partial charge in [-0.1, -0.05) is 18.2 Å². The summed E-state index contributed by atoms with van der Waals surface area (Å²) in [6.45, 7) is 4.85. The Labute approximate surface area is 203 Å². The molecular weight excluding hydrogens is 451 g/mol. The van der Waals surface area contributed by atoms with Crippen LogP contribution in [0.4, 0.5) is 4.39 Å². The highest BCUT2D eigenvalue weighted by atomic mass is 32.2. The van der Waals surface area contributed by atoms with E-state index in [-0.39, 0.29) is 11.4 Å². The number of carboxylic acid groups (broad SMARTS) is 1. The van der Waals surface area contributed by atoms with Gasteiger partial charge in [-0.2, -0.15) is 0 Å². The quantitative estimate of drug-likeness (QED) is 0.426. The van der Waals surface area contributed by atoms with Gasteiger partial charge in [0, 0.05) is 29.8 Å². The molecule has 4 rings (SSSR count). The van der Waals surface area contributed by atoms with Crippen LogP contribution in [0.1, 0.15) is 31.2 Å².